The van der Waals surface area contributed by atoms with Gasteiger partial charge in [-0.05, 0) is 43.6 Å². The fraction of sp³-hybridized carbons (Fsp3) is 0.231. The van der Waals surface area contributed by atoms with Gasteiger partial charge in [0.1, 0.15) is 0 Å². The number of rotatable bonds is 8. The van der Waals surface area contributed by atoms with Crippen LogP contribution >= 0.6 is 0 Å². The Kier molecular flexibility index (Phi) is 7.88. The average molecular weight is 358 g/mol. The summed E-state index contributed by atoms with van der Waals surface area (Å²) in [6, 6.07) is 0. The summed E-state index contributed by atoms with van der Waals surface area (Å²) in [4.78, 5) is 0. The molecule has 0 aromatic carbocycles. The highest BCUT2D eigenvalue weighted by Gasteiger charge is 2.16. The van der Waals surface area contributed by atoms with Gasteiger partial charge < -0.3 is 5.32 Å². The molecule has 0 saturated heterocycles. The molecule has 0 aromatic rings. The molecule has 0 spiro atoms. The standard InChI is InChI=1S/C26H31N/c1-5-8-13-22(6-2)23-15-17-25(18-16-23)27-24(7-3)14-12-21-26(4)19-10-9-11-20-26/h5-15,17-19,21,23,27H,1,3,16,20H2,2,4H3/b13-8-,21-12+,22-6+,24-14+. The molecule has 1 heteroatoms. The molecule has 0 aromatic heterocycles. The highest BCUT2D eigenvalue weighted by molar-refractivity contribution is 5.36. The highest BCUT2D eigenvalue weighted by atomic mass is 14.9. The smallest absolute Gasteiger partial charge is 0.0378 e. The van der Waals surface area contributed by atoms with Gasteiger partial charge in [-0.25, -0.2) is 0 Å². The lowest BCUT2D eigenvalue weighted by molar-refractivity contribution is 0.556. The minimum absolute atomic E-state index is 0.0939. The number of hydrogen-bond acceptors (Lipinski definition) is 1. The Morgan fingerprint density at radius 3 is 2.70 bits per heavy atom. The van der Waals surface area contributed by atoms with Crippen molar-refractivity contribution in [2.75, 3.05) is 0 Å². The van der Waals surface area contributed by atoms with Gasteiger partial charge in [0.15, 0.2) is 0 Å². The van der Waals surface area contributed by atoms with Crippen LogP contribution in [0.25, 0.3) is 0 Å². The zero-order valence-corrected chi connectivity index (χ0v) is 16.6. The topological polar surface area (TPSA) is 12.0 Å². The lowest BCUT2D eigenvalue weighted by Crippen LogP contribution is -2.13. The van der Waals surface area contributed by atoms with Crippen LogP contribution in [0.4, 0.5) is 0 Å². The summed E-state index contributed by atoms with van der Waals surface area (Å²) in [5, 5.41) is 3.46. The van der Waals surface area contributed by atoms with Gasteiger partial charge in [0, 0.05) is 22.7 Å². The second kappa shape index (κ2) is 10.4. The third-order valence-electron chi connectivity index (χ3n) is 4.83. The zero-order valence-electron chi connectivity index (χ0n) is 16.6. The average Bonchev–Trinajstić information content (AvgIpc) is 2.69. The summed E-state index contributed by atoms with van der Waals surface area (Å²) in [6.07, 6.45) is 33.7. The van der Waals surface area contributed by atoms with E-state index >= 15 is 0 Å². The Balaban J connectivity index is 1.97. The lowest BCUT2D eigenvalue weighted by atomic mass is 9.83. The van der Waals surface area contributed by atoms with Crippen LogP contribution < -0.4 is 5.32 Å². The summed E-state index contributed by atoms with van der Waals surface area (Å²) < 4.78 is 0. The molecular formula is C26H31N. The van der Waals surface area contributed by atoms with Crippen LogP contribution in [0.1, 0.15) is 26.7 Å². The van der Waals surface area contributed by atoms with E-state index in [1.54, 1.807) is 0 Å². The van der Waals surface area contributed by atoms with E-state index in [1.165, 1.54) is 5.57 Å². The van der Waals surface area contributed by atoms with Gasteiger partial charge in [-0.2, -0.15) is 0 Å². The molecule has 140 valence electrons. The maximum absolute atomic E-state index is 3.93. The van der Waals surface area contributed by atoms with E-state index in [-0.39, 0.29) is 5.41 Å². The Morgan fingerprint density at radius 2 is 2.11 bits per heavy atom. The first-order valence-corrected chi connectivity index (χ1v) is 9.57. The molecule has 27 heavy (non-hydrogen) atoms. The molecule has 0 amide bonds. The van der Waals surface area contributed by atoms with Gasteiger partial charge in [0.2, 0.25) is 0 Å². The predicted octanol–water partition coefficient (Wildman–Crippen LogP) is 6.87. The van der Waals surface area contributed by atoms with Crippen molar-refractivity contribution in [1.82, 2.24) is 5.32 Å². The van der Waals surface area contributed by atoms with E-state index in [1.807, 2.05) is 18.2 Å². The van der Waals surface area contributed by atoms with Crippen LogP contribution in [-0.4, -0.2) is 0 Å². The summed E-state index contributed by atoms with van der Waals surface area (Å²) in [5.74, 6) is 0.416. The molecular weight excluding hydrogens is 326 g/mol. The molecule has 2 atom stereocenters. The minimum Gasteiger partial charge on any atom is -0.356 e. The Hall–Kier alpha value is -2.80. The predicted molar refractivity (Wildman–Crippen MR) is 120 cm³/mol. The molecule has 1 N–H and O–H groups in total. The molecule has 0 heterocycles. The van der Waals surface area contributed by atoms with Crippen LogP contribution in [-0.2, 0) is 0 Å². The second-order valence-electron chi connectivity index (χ2n) is 7.05. The number of allylic oxidation sites excluding steroid dienone is 16. The van der Waals surface area contributed by atoms with Gasteiger partial charge >= 0.3 is 0 Å². The summed E-state index contributed by atoms with van der Waals surface area (Å²) in [5.41, 5.74) is 3.51. The van der Waals surface area contributed by atoms with E-state index < -0.39 is 0 Å². The van der Waals surface area contributed by atoms with E-state index in [4.69, 9.17) is 0 Å². The maximum atomic E-state index is 3.93. The van der Waals surface area contributed by atoms with Crippen molar-refractivity contribution in [2.24, 2.45) is 11.3 Å². The fourth-order valence-corrected chi connectivity index (χ4v) is 3.14. The van der Waals surface area contributed by atoms with Gasteiger partial charge in [-0.15, -0.1) is 0 Å². The number of hydrogen-bond donors (Lipinski definition) is 1. The Labute approximate surface area is 165 Å². The van der Waals surface area contributed by atoms with Gasteiger partial charge in [0.05, 0.1) is 0 Å². The molecule has 0 saturated carbocycles. The summed E-state index contributed by atoms with van der Waals surface area (Å²) in [7, 11) is 0. The van der Waals surface area contributed by atoms with Crippen LogP contribution in [0.5, 0.6) is 0 Å². The van der Waals surface area contributed by atoms with Crippen LogP contribution in [0.2, 0.25) is 0 Å². The van der Waals surface area contributed by atoms with Crippen molar-refractivity contribution >= 4 is 0 Å². The van der Waals surface area contributed by atoms with Gasteiger partial charge in [0.25, 0.3) is 0 Å². The Morgan fingerprint density at radius 1 is 1.26 bits per heavy atom. The van der Waals surface area contributed by atoms with E-state index in [0.29, 0.717) is 5.92 Å². The molecule has 0 radical (unpaired) electrons. The molecule has 2 unspecified atom stereocenters. The van der Waals surface area contributed by atoms with E-state index in [9.17, 15) is 0 Å². The summed E-state index contributed by atoms with van der Waals surface area (Å²) >= 11 is 0. The first-order chi connectivity index (χ1) is 13.1. The molecule has 0 aliphatic heterocycles. The van der Waals surface area contributed by atoms with Crippen molar-refractivity contribution in [2.45, 2.75) is 26.7 Å². The highest BCUT2D eigenvalue weighted by Crippen LogP contribution is 2.28. The molecule has 0 fully saturated rings. The third kappa shape index (κ3) is 6.45. The maximum Gasteiger partial charge on any atom is 0.0378 e. The van der Waals surface area contributed by atoms with Crippen LogP contribution in [0.15, 0.2) is 121 Å². The molecule has 2 aliphatic carbocycles. The van der Waals surface area contributed by atoms with Crippen molar-refractivity contribution < 1.29 is 0 Å². The van der Waals surface area contributed by atoms with Crippen molar-refractivity contribution in [1.29, 1.82) is 0 Å². The monoisotopic (exact) mass is 357 g/mol. The SMILES string of the molecule is C=C/C=C\C(=C/C)C1C=CC(N/C(C=C)=C/C=C/C2(C)C=CC=CC2)=CC1. The van der Waals surface area contributed by atoms with Gasteiger partial charge in [-0.1, -0.05) is 93.0 Å². The quantitative estimate of drug-likeness (QED) is 0.467. The zero-order chi connectivity index (χ0) is 19.5. The minimum atomic E-state index is 0.0939. The number of nitrogens with one attached hydrogen (secondary N) is 1. The first kappa shape index (κ1) is 20.5. The van der Waals surface area contributed by atoms with Crippen molar-refractivity contribution in [3.05, 3.63) is 121 Å². The van der Waals surface area contributed by atoms with E-state index in [0.717, 1.165) is 24.2 Å². The molecule has 0 bridgehead atoms. The molecule has 2 rings (SSSR count). The van der Waals surface area contributed by atoms with E-state index in [2.05, 4.69) is 105 Å². The molecule has 1 nitrogen and oxygen atoms in total. The Bertz CT molecular complexity index is 777. The summed E-state index contributed by atoms with van der Waals surface area (Å²) in [6.45, 7) is 12.0. The fourth-order valence-electron chi connectivity index (χ4n) is 3.14. The van der Waals surface area contributed by atoms with Crippen molar-refractivity contribution in [3.63, 3.8) is 0 Å². The largest absolute Gasteiger partial charge is 0.356 e. The van der Waals surface area contributed by atoms with Crippen LogP contribution in [0, 0.1) is 11.3 Å². The normalized spacial score (nSPS) is 25.9. The lowest BCUT2D eigenvalue weighted by Gasteiger charge is -2.21. The van der Waals surface area contributed by atoms with Crippen molar-refractivity contribution in [3.8, 4) is 0 Å². The second-order valence-corrected chi connectivity index (χ2v) is 7.05. The molecule has 2 aliphatic rings. The third-order valence-corrected chi connectivity index (χ3v) is 4.83. The first-order valence-electron chi connectivity index (χ1n) is 9.57. The van der Waals surface area contributed by atoms with Gasteiger partial charge in [-0.3, -0.25) is 0 Å². The van der Waals surface area contributed by atoms with Crippen LogP contribution in [0.3, 0.4) is 0 Å².